The lowest BCUT2D eigenvalue weighted by molar-refractivity contribution is -0.123. The molecule has 0 saturated carbocycles. The normalized spacial score (nSPS) is 10.6. The van der Waals surface area contributed by atoms with Crippen molar-refractivity contribution in [2.24, 2.45) is 5.92 Å². The van der Waals surface area contributed by atoms with Gasteiger partial charge in [0.2, 0.25) is 0 Å². The molecular weight excluding hydrogens is 278 g/mol. The second-order valence-corrected chi connectivity index (χ2v) is 6.02. The third kappa shape index (κ3) is 5.21. The summed E-state index contributed by atoms with van der Waals surface area (Å²) in [5.74, 6) is -0.451. The number of carbonyl (C=O) groups excluding carboxylic acids is 1. The molecule has 0 aromatic carbocycles. The Kier molecular flexibility index (Phi) is 6.51. The van der Waals surface area contributed by atoms with Gasteiger partial charge in [0, 0.05) is 11.4 Å². The van der Waals surface area contributed by atoms with Gasteiger partial charge in [-0.25, -0.2) is 4.79 Å². The van der Waals surface area contributed by atoms with Crippen LogP contribution >= 0.6 is 11.3 Å². The summed E-state index contributed by atoms with van der Waals surface area (Å²) in [5, 5.41) is 11.8. The first-order valence-corrected chi connectivity index (χ1v) is 7.51. The van der Waals surface area contributed by atoms with Crippen LogP contribution in [0.5, 0.6) is 5.75 Å². The largest absolute Gasteiger partial charge is 0.482 e. The maximum Gasteiger partial charge on any atom is 0.349 e. The van der Waals surface area contributed by atoms with Crippen LogP contribution in [0.25, 0.3) is 0 Å². The van der Waals surface area contributed by atoms with Crippen molar-refractivity contribution < 1.29 is 19.4 Å². The third-order valence-electron chi connectivity index (χ3n) is 2.69. The van der Waals surface area contributed by atoms with E-state index in [0.29, 0.717) is 12.5 Å². The van der Waals surface area contributed by atoms with E-state index in [4.69, 9.17) is 9.84 Å². The van der Waals surface area contributed by atoms with Crippen LogP contribution in [0.15, 0.2) is 6.07 Å². The molecule has 2 N–H and O–H groups in total. The van der Waals surface area contributed by atoms with E-state index in [9.17, 15) is 9.59 Å². The predicted molar refractivity (Wildman–Crippen MR) is 78.6 cm³/mol. The molecule has 1 rings (SSSR count). The number of carboxylic acids is 1. The molecule has 6 heteroatoms. The molecule has 0 aliphatic carbocycles. The van der Waals surface area contributed by atoms with Crippen LogP contribution < -0.4 is 10.1 Å². The van der Waals surface area contributed by atoms with Gasteiger partial charge in [-0.05, 0) is 24.8 Å². The highest BCUT2D eigenvalue weighted by atomic mass is 32.1. The Morgan fingerprint density at radius 1 is 1.45 bits per heavy atom. The first kappa shape index (κ1) is 16.5. The van der Waals surface area contributed by atoms with Crippen LogP contribution in [0, 0.1) is 5.92 Å². The highest BCUT2D eigenvalue weighted by Crippen LogP contribution is 2.29. The second-order valence-electron chi connectivity index (χ2n) is 4.89. The molecule has 5 nitrogen and oxygen atoms in total. The number of carbonyl (C=O) groups is 2. The minimum absolute atomic E-state index is 0.150. The Morgan fingerprint density at radius 2 is 2.15 bits per heavy atom. The SMILES string of the molecule is CCc1cc(OCC(=O)NCCC(C)C)c(C(=O)O)s1. The minimum atomic E-state index is -1.02. The summed E-state index contributed by atoms with van der Waals surface area (Å²) in [7, 11) is 0. The van der Waals surface area contributed by atoms with Gasteiger partial charge in [-0.3, -0.25) is 4.79 Å². The van der Waals surface area contributed by atoms with Crippen LogP contribution in [-0.4, -0.2) is 30.1 Å². The van der Waals surface area contributed by atoms with E-state index in [2.05, 4.69) is 19.2 Å². The zero-order valence-corrected chi connectivity index (χ0v) is 12.9. The van der Waals surface area contributed by atoms with Crippen LogP contribution in [0.3, 0.4) is 0 Å². The molecule has 1 aromatic rings. The zero-order valence-electron chi connectivity index (χ0n) is 12.1. The van der Waals surface area contributed by atoms with E-state index in [1.165, 1.54) is 11.3 Å². The predicted octanol–water partition coefficient (Wildman–Crippen LogP) is 2.55. The molecule has 0 aliphatic rings. The highest BCUT2D eigenvalue weighted by Gasteiger charge is 2.17. The van der Waals surface area contributed by atoms with E-state index in [-0.39, 0.29) is 23.1 Å². The molecule has 0 saturated heterocycles. The summed E-state index contributed by atoms with van der Waals surface area (Å²) in [6.07, 6.45) is 1.65. The Morgan fingerprint density at radius 3 is 2.70 bits per heavy atom. The number of ether oxygens (including phenoxy) is 1. The van der Waals surface area contributed by atoms with Crippen molar-refractivity contribution in [3.8, 4) is 5.75 Å². The molecule has 0 radical (unpaired) electrons. The average molecular weight is 299 g/mol. The van der Waals surface area contributed by atoms with Crippen molar-refractivity contribution in [2.45, 2.75) is 33.6 Å². The third-order valence-corrected chi connectivity index (χ3v) is 3.94. The van der Waals surface area contributed by atoms with Gasteiger partial charge in [0.15, 0.2) is 11.5 Å². The molecule has 1 heterocycles. The summed E-state index contributed by atoms with van der Waals surface area (Å²) in [5.41, 5.74) is 0. The van der Waals surface area contributed by atoms with Crippen LogP contribution in [0.2, 0.25) is 0 Å². The first-order chi connectivity index (χ1) is 9.43. The van der Waals surface area contributed by atoms with Crippen molar-refractivity contribution >= 4 is 23.2 Å². The molecule has 0 spiro atoms. The number of rotatable bonds is 8. The van der Waals surface area contributed by atoms with Crippen molar-refractivity contribution in [1.29, 1.82) is 0 Å². The van der Waals surface area contributed by atoms with E-state index >= 15 is 0 Å². The van der Waals surface area contributed by atoms with Gasteiger partial charge in [0.05, 0.1) is 0 Å². The van der Waals surface area contributed by atoms with Crippen LogP contribution in [-0.2, 0) is 11.2 Å². The summed E-state index contributed by atoms with van der Waals surface area (Å²) in [4.78, 5) is 23.7. The number of carboxylic acid groups (broad SMARTS) is 1. The number of nitrogens with one attached hydrogen (secondary N) is 1. The number of amides is 1. The van der Waals surface area contributed by atoms with Gasteiger partial charge in [-0.15, -0.1) is 11.3 Å². The van der Waals surface area contributed by atoms with E-state index < -0.39 is 5.97 Å². The molecule has 0 unspecified atom stereocenters. The van der Waals surface area contributed by atoms with Gasteiger partial charge < -0.3 is 15.2 Å². The monoisotopic (exact) mass is 299 g/mol. The van der Waals surface area contributed by atoms with Gasteiger partial charge >= 0.3 is 5.97 Å². The molecule has 20 heavy (non-hydrogen) atoms. The van der Waals surface area contributed by atoms with Crippen LogP contribution in [0.4, 0.5) is 0 Å². The Bertz CT molecular complexity index is 468. The number of hydrogen-bond acceptors (Lipinski definition) is 4. The number of aromatic carboxylic acids is 1. The molecule has 0 bridgehead atoms. The lowest BCUT2D eigenvalue weighted by atomic mass is 10.1. The van der Waals surface area contributed by atoms with Crippen molar-refractivity contribution in [2.75, 3.05) is 13.2 Å². The zero-order chi connectivity index (χ0) is 15.1. The van der Waals surface area contributed by atoms with Crippen molar-refractivity contribution in [3.05, 3.63) is 15.8 Å². The summed E-state index contributed by atoms with van der Waals surface area (Å²) in [6.45, 7) is 6.56. The molecule has 112 valence electrons. The summed E-state index contributed by atoms with van der Waals surface area (Å²) < 4.78 is 5.32. The fourth-order valence-electron chi connectivity index (χ4n) is 1.55. The lowest BCUT2D eigenvalue weighted by Gasteiger charge is -2.08. The fraction of sp³-hybridized carbons (Fsp3) is 0.571. The topological polar surface area (TPSA) is 75.6 Å². The average Bonchev–Trinajstić information content (AvgIpc) is 2.79. The lowest BCUT2D eigenvalue weighted by Crippen LogP contribution is -2.30. The summed E-state index contributed by atoms with van der Waals surface area (Å²) >= 11 is 1.18. The maximum atomic E-state index is 11.6. The summed E-state index contributed by atoms with van der Waals surface area (Å²) in [6, 6.07) is 1.69. The van der Waals surface area contributed by atoms with Gasteiger partial charge in [-0.1, -0.05) is 20.8 Å². The van der Waals surface area contributed by atoms with Crippen LogP contribution in [0.1, 0.15) is 41.7 Å². The minimum Gasteiger partial charge on any atom is -0.482 e. The molecular formula is C14H21NO4S. The molecule has 0 fully saturated rings. The number of thiophene rings is 1. The van der Waals surface area contributed by atoms with E-state index in [1.54, 1.807) is 6.07 Å². The van der Waals surface area contributed by atoms with E-state index in [0.717, 1.165) is 17.7 Å². The molecule has 1 amide bonds. The first-order valence-electron chi connectivity index (χ1n) is 6.69. The second kappa shape index (κ2) is 7.89. The van der Waals surface area contributed by atoms with Gasteiger partial charge in [0.1, 0.15) is 5.75 Å². The standard InChI is InChI=1S/C14H21NO4S/c1-4-10-7-11(13(20-10)14(17)18)19-8-12(16)15-6-5-9(2)3/h7,9H,4-6,8H2,1-3H3,(H,15,16)(H,17,18). The molecule has 0 aliphatic heterocycles. The van der Waals surface area contributed by atoms with Crippen molar-refractivity contribution in [3.63, 3.8) is 0 Å². The van der Waals surface area contributed by atoms with Gasteiger partial charge in [0.25, 0.3) is 5.91 Å². The Balaban J connectivity index is 2.50. The van der Waals surface area contributed by atoms with Crippen molar-refractivity contribution in [1.82, 2.24) is 5.32 Å². The van der Waals surface area contributed by atoms with Gasteiger partial charge in [-0.2, -0.15) is 0 Å². The highest BCUT2D eigenvalue weighted by molar-refractivity contribution is 7.14. The fourth-order valence-corrected chi connectivity index (χ4v) is 2.43. The Labute approximate surface area is 123 Å². The van der Waals surface area contributed by atoms with E-state index in [1.807, 2.05) is 6.92 Å². The smallest absolute Gasteiger partial charge is 0.349 e. The maximum absolute atomic E-state index is 11.6. The molecule has 0 atom stereocenters. The number of hydrogen-bond donors (Lipinski definition) is 2. The Hall–Kier alpha value is -1.56. The molecule has 1 aromatic heterocycles. The quantitative estimate of drug-likeness (QED) is 0.773. The number of aryl methyl sites for hydroxylation is 1.